The van der Waals surface area contributed by atoms with Crippen LogP contribution in [0.1, 0.15) is 28.4 Å². The molecule has 1 saturated heterocycles. The number of halogens is 2. The van der Waals surface area contributed by atoms with Crippen molar-refractivity contribution in [3.05, 3.63) is 78.1 Å². The predicted octanol–water partition coefficient (Wildman–Crippen LogP) is 4.16. The van der Waals surface area contributed by atoms with Gasteiger partial charge in [0.15, 0.2) is 0 Å². The van der Waals surface area contributed by atoms with Crippen LogP contribution in [-0.2, 0) is 0 Å². The Hall–Kier alpha value is -2.14. The van der Waals surface area contributed by atoms with Gasteiger partial charge in [-0.25, -0.2) is 0 Å². The first kappa shape index (κ1) is 21.2. The number of fused-ring (bicyclic) bond motifs is 1. The molecule has 27 heavy (non-hydrogen) atoms. The third-order valence-corrected chi connectivity index (χ3v) is 4.92. The summed E-state index contributed by atoms with van der Waals surface area (Å²) in [6, 6.07) is 18.0. The minimum absolute atomic E-state index is 0. The normalized spacial score (nSPS) is 16.8. The molecular formula is C21H23Cl2N3O. The van der Waals surface area contributed by atoms with Crippen LogP contribution in [0.25, 0.3) is 10.8 Å². The fourth-order valence-corrected chi connectivity index (χ4v) is 3.54. The second-order valence-corrected chi connectivity index (χ2v) is 6.55. The SMILES string of the molecule is Cl.Cl.O=C(N[C@@H](c1ccccc1)[C@H]1CCNC1)c1ccc2cnccc2c1. The third kappa shape index (κ3) is 4.78. The van der Waals surface area contributed by atoms with Crippen molar-refractivity contribution in [2.24, 2.45) is 5.92 Å². The fourth-order valence-electron chi connectivity index (χ4n) is 3.54. The minimum Gasteiger partial charge on any atom is -0.345 e. The van der Waals surface area contributed by atoms with Crippen molar-refractivity contribution in [1.82, 2.24) is 15.6 Å². The Morgan fingerprint density at radius 1 is 1.07 bits per heavy atom. The minimum atomic E-state index is -0.0283. The van der Waals surface area contributed by atoms with E-state index < -0.39 is 0 Å². The van der Waals surface area contributed by atoms with E-state index in [0.29, 0.717) is 11.5 Å². The highest BCUT2D eigenvalue weighted by atomic mass is 35.5. The Morgan fingerprint density at radius 2 is 1.89 bits per heavy atom. The molecule has 0 bridgehead atoms. The lowest BCUT2D eigenvalue weighted by Crippen LogP contribution is -2.34. The van der Waals surface area contributed by atoms with E-state index in [9.17, 15) is 4.79 Å². The summed E-state index contributed by atoms with van der Waals surface area (Å²) >= 11 is 0. The zero-order chi connectivity index (χ0) is 17.1. The molecule has 0 saturated carbocycles. The monoisotopic (exact) mass is 403 g/mol. The van der Waals surface area contributed by atoms with Crippen LogP contribution in [0.15, 0.2) is 67.0 Å². The van der Waals surface area contributed by atoms with Gasteiger partial charge in [-0.15, -0.1) is 24.8 Å². The topological polar surface area (TPSA) is 54.0 Å². The number of hydrogen-bond donors (Lipinski definition) is 2. The lowest BCUT2D eigenvalue weighted by atomic mass is 9.92. The average molecular weight is 404 g/mol. The Morgan fingerprint density at radius 3 is 2.63 bits per heavy atom. The molecule has 0 aliphatic carbocycles. The Labute approximate surface area is 171 Å². The molecule has 1 aromatic heterocycles. The van der Waals surface area contributed by atoms with E-state index in [2.05, 4.69) is 27.8 Å². The van der Waals surface area contributed by atoms with E-state index in [1.54, 1.807) is 6.20 Å². The molecule has 2 heterocycles. The smallest absolute Gasteiger partial charge is 0.251 e. The molecule has 1 fully saturated rings. The molecule has 1 aliphatic heterocycles. The summed E-state index contributed by atoms with van der Waals surface area (Å²) in [6.45, 7) is 1.94. The number of hydrogen-bond acceptors (Lipinski definition) is 3. The van der Waals surface area contributed by atoms with Gasteiger partial charge in [-0.05, 0) is 48.0 Å². The maximum atomic E-state index is 12.9. The highest BCUT2D eigenvalue weighted by Gasteiger charge is 2.27. The molecule has 1 amide bonds. The number of rotatable bonds is 4. The van der Waals surface area contributed by atoms with Crippen LogP contribution < -0.4 is 10.6 Å². The van der Waals surface area contributed by atoms with Gasteiger partial charge in [0, 0.05) is 29.9 Å². The molecule has 142 valence electrons. The average Bonchev–Trinajstić information content (AvgIpc) is 3.20. The number of nitrogens with one attached hydrogen (secondary N) is 2. The zero-order valence-electron chi connectivity index (χ0n) is 14.8. The van der Waals surface area contributed by atoms with E-state index in [0.717, 1.165) is 35.8 Å². The number of benzene rings is 2. The lowest BCUT2D eigenvalue weighted by Gasteiger charge is -2.25. The van der Waals surface area contributed by atoms with Gasteiger partial charge >= 0.3 is 0 Å². The molecule has 0 radical (unpaired) electrons. The number of pyridine rings is 1. The molecule has 3 aromatic rings. The molecular weight excluding hydrogens is 381 g/mol. The fraction of sp³-hybridized carbons (Fsp3) is 0.238. The first-order valence-corrected chi connectivity index (χ1v) is 8.71. The molecule has 6 heteroatoms. The van der Waals surface area contributed by atoms with Gasteiger partial charge in [-0.3, -0.25) is 9.78 Å². The van der Waals surface area contributed by atoms with Crippen molar-refractivity contribution in [3.8, 4) is 0 Å². The molecule has 4 rings (SSSR count). The summed E-state index contributed by atoms with van der Waals surface area (Å²) in [5, 5.41) is 8.73. The number of nitrogens with zero attached hydrogens (tertiary/aromatic N) is 1. The molecule has 0 spiro atoms. The number of aromatic nitrogens is 1. The van der Waals surface area contributed by atoms with Crippen molar-refractivity contribution < 1.29 is 4.79 Å². The lowest BCUT2D eigenvalue weighted by molar-refractivity contribution is 0.0924. The summed E-state index contributed by atoms with van der Waals surface area (Å²) in [7, 11) is 0. The van der Waals surface area contributed by atoms with Crippen molar-refractivity contribution in [3.63, 3.8) is 0 Å². The second-order valence-electron chi connectivity index (χ2n) is 6.55. The second kappa shape index (κ2) is 9.70. The summed E-state index contributed by atoms with van der Waals surface area (Å²) in [4.78, 5) is 17.0. The van der Waals surface area contributed by atoms with Gasteiger partial charge in [0.1, 0.15) is 0 Å². The van der Waals surface area contributed by atoms with Crippen LogP contribution in [0, 0.1) is 5.92 Å². The quantitative estimate of drug-likeness (QED) is 0.687. The standard InChI is InChI=1S/C21H21N3O.2ClH/c25-21(17-6-7-18-13-22-10-8-16(18)12-17)24-20(19-9-11-23-14-19)15-4-2-1-3-5-15;;/h1-8,10,12-13,19-20,23H,9,11,14H2,(H,24,25);2*1H/t19-,20-;;/m0../s1. The van der Waals surface area contributed by atoms with Gasteiger partial charge < -0.3 is 10.6 Å². The zero-order valence-corrected chi connectivity index (χ0v) is 16.4. The third-order valence-electron chi connectivity index (χ3n) is 4.92. The van der Waals surface area contributed by atoms with E-state index in [4.69, 9.17) is 0 Å². The van der Waals surface area contributed by atoms with Crippen molar-refractivity contribution >= 4 is 41.5 Å². The summed E-state index contributed by atoms with van der Waals surface area (Å²) in [5.41, 5.74) is 1.85. The van der Waals surface area contributed by atoms with Crippen LogP contribution in [0.2, 0.25) is 0 Å². The van der Waals surface area contributed by atoms with Gasteiger partial charge in [-0.2, -0.15) is 0 Å². The maximum absolute atomic E-state index is 12.9. The summed E-state index contributed by atoms with van der Waals surface area (Å²) in [6.07, 6.45) is 4.64. The Balaban J connectivity index is 0.00000131. The Bertz CT molecular complexity index is 883. The Kier molecular flexibility index (Phi) is 7.60. The number of carbonyl (C=O) groups excluding carboxylic acids is 1. The van der Waals surface area contributed by atoms with Gasteiger partial charge in [0.2, 0.25) is 0 Å². The van der Waals surface area contributed by atoms with E-state index in [-0.39, 0.29) is 36.8 Å². The number of amides is 1. The van der Waals surface area contributed by atoms with Gasteiger partial charge in [-0.1, -0.05) is 36.4 Å². The van der Waals surface area contributed by atoms with Crippen LogP contribution in [-0.4, -0.2) is 24.0 Å². The highest BCUT2D eigenvalue weighted by Crippen LogP contribution is 2.27. The van der Waals surface area contributed by atoms with Crippen LogP contribution >= 0.6 is 24.8 Å². The predicted molar refractivity (Wildman–Crippen MR) is 114 cm³/mol. The molecule has 0 unspecified atom stereocenters. The van der Waals surface area contributed by atoms with Crippen LogP contribution in [0.4, 0.5) is 0 Å². The van der Waals surface area contributed by atoms with Crippen molar-refractivity contribution in [1.29, 1.82) is 0 Å². The van der Waals surface area contributed by atoms with Crippen LogP contribution in [0.3, 0.4) is 0 Å². The first-order chi connectivity index (χ1) is 12.3. The van der Waals surface area contributed by atoms with E-state index >= 15 is 0 Å². The van der Waals surface area contributed by atoms with Crippen LogP contribution in [0.5, 0.6) is 0 Å². The van der Waals surface area contributed by atoms with Gasteiger partial charge in [0.05, 0.1) is 6.04 Å². The van der Waals surface area contributed by atoms with Crippen molar-refractivity contribution in [2.75, 3.05) is 13.1 Å². The summed E-state index contributed by atoms with van der Waals surface area (Å²) < 4.78 is 0. The van der Waals surface area contributed by atoms with E-state index in [1.807, 2.05) is 48.7 Å². The molecule has 1 aliphatic rings. The van der Waals surface area contributed by atoms with Gasteiger partial charge in [0.25, 0.3) is 5.91 Å². The summed E-state index contributed by atoms with van der Waals surface area (Å²) in [5.74, 6) is 0.385. The molecule has 2 aromatic carbocycles. The molecule has 2 atom stereocenters. The van der Waals surface area contributed by atoms with E-state index in [1.165, 1.54) is 0 Å². The molecule has 4 nitrogen and oxygen atoms in total. The largest absolute Gasteiger partial charge is 0.345 e. The molecule has 2 N–H and O–H groups in total. The maximum Gasteiger partial charge on any atom is 0.251 e. The van der Waals surface area contributed by atoms with Crippen molar-refractivity contribution in [2.45, 2.75) is 12.5 Å². The highest BCUT2D eigenvalue weighted by molar-refractivity contribution is 5.98. The number of carbonyl (C=O) groups is 1. The first-order valence-electron chi connectivity index (χ1n) is 8.71.